The fourth-order valence-electron chi connectivity index (χ4n) is 1.37. The highest BCUT2D eigenvalue weighted by Crippen LogP contribution is 2.15. The molecular formula is C12H18O6. The Hall–Kier alpha value is -1.37. The number of methoxy groups -OCH3 is 1. The van der Waals surface area contributed by atoms with E-state index in [1.54, 1.807) is 20.1 Å². The van der Waals surface area contributed by atoms with E-state index in [1.807, 2.05) is 0 Å². The lowest BCUT2D eigenvalue weighted by molar-refractivity contribution is 0.0158. The van der Waals surface area contributed by atoms with Crippen LogP contribution in [-0.4, -0.2) is 44.6 Å². The van der Waals surface area contributed by atoms with Crippen molar-refractivity contribution in [2.24, 2.45) is 0 Å². The summed E-state index contributed by atoms with van der Waals surface area (Å²) in [6.45, 7) is 3.90. The molecule has 1 heterocycles. The Labute approximate surface area is 105 Å². The van der Waals surface area contributed by atoms with Crippen molar-refractivity contribution in [3.8, 4) is 0 Å². The summed E-state index contributed by atoms with van der Waals surface area (Å²) in [6, 6.07) is 1.66. The van der Waals surface area contributed by atoms with Gasteiger partial charge in [0.2, 0.25) is 5.76 Å². The van der Waals surface area contributed by atoms with Gasteiger partial charge in [0.15, 0.2) is 0 Å². The number of aryl methyl sites for hydroxylation is 1. The topological polar surface area (TPSA) is 78.1 Å². The van der Waals surface area contributed by atoms with Crippen molar-refractivity contribution in [3.63, 3.8) is 0 Å². The van der Waals surface area contributed by atoms with Crippen LogP contribution in [0.5, 0.6) is 0 Å². The van der Waals surface area contributed by atoms with Gasteiger partial charge in [0, 0.05) is 12.7 Å². The molecule has 0 bridgehead atoms. The molecule has 6 nitrogen and oxygen atoms in total. The monoisotopic (exact) mass is 258 g/mol. The second-order valence-electron chi connectivity index (χ2n) is 3.69. The first-order valence-electron chi connectivity index (χ1n) is 5.62. The number of hydrogen-bond donors (Lipinski definition) is 1. The van der Waals surface area contributed by atoms with E-state index in [2.05, 4.69) is 0 Å². The van der Waals surface area contributed by atoms with E-state index in [1.165, 1.54) is 0 Å². The van der Waals surface area contributed by atoms with Crippen LogP contribution in [-0.2, 0) is 20.8 Å². The molecule has 0 aliphatic carbocycles. The minimum atomic E-state index is -1.07. The highest BCUT2D eigenvalue weighted by atomic mass is 16.5. The molecule has 0 spiro atoms. The summed E-state index contributed by atoms with van der Waals surface area (Å²) in [4.78, 5) is 10.7. The Kier molecular flexibility index (Phi) is 6.42. The Morgan fingerprint density at radius 2 is 1.94 bits per heavy atom. The number of ether oxygens (including phenoxy) is 3. The van der Waals surface area contributed by atoms with Gasteiger partial charge in [-0.3, -0.25) is 0 Å². The van der Waals surface area contributed by atoms with Crippen LogP contribution in [0.15, 0.2) is 10.5 Å². The molecule has 0 aromatic carbocycles. The van der Waals surface area contributed by atoms with Crippen LogP contribution in [0.2, 0.25) is 0 Å². The number of rotatable bonds is 9. The minimum absolute atomic E-state index is 0.0371. The Morgan fingerprint density at radius 3 is 2.56 bits per heavy atom. The third-order valence-electron chi connectivity index (χ3n) is 2.21. The third kappa shape index (κ3) is 4.87. The van der Waals surface area contributed by atoms with E-state index < -0.39 is 5.97 Å². The van der Waals surface area contributed by atoms with Crippen LogP contribution in [0.25, 0.3) is 0 Å². The van der Waals surface area contributed by atoms with Crippen molar-refractivity contribution < 1.29 is 28.5 Å². The predicted molar refractivity (Wildman–Crippen MR) is 62.8 cm³/mol. The van der Waals surface area contributed by atoms with Crippen molar-refractivity contribution in [1.82, 2.24) is 0 Å². The summed E-state index contributed by atoms with van der Waals surface area (Å²) in [7, 11) is 1.61. The molecule has 0 fully saturated rings. The molecule has 0 atom stereocenters. The largest absolute Gasteiger partial charge is 0.475 e. The van der Waals surface area contributed by atoms with Gasteiger partial charge in [0.05, 0.1) is 26.4 Å². The molecule has 0 aliphatic heterocycles. The first-order valence-corrected chi connectivity index (χ1v) is 5.62. The molecule has 0 amide bonds. The van der Waals surface area contributed by atoms with Crippen molar-refractivity contribution in [2.75, 3.05) is 33.5 Å². The molecule has 102 valence electrons. The summed E-state index contributed by atoms with van der Waals surface area (Å²) in [5, 5.41) is 8.80. The molecular weight excluding hydrogens is 240 g/mol. The molecule has 0 saturated heterocycles. The number of carboxylic acids is 1. The average Bonchev–Trinajstić information content (AvgIpc) is 2.69. The van der Waals surface area contributed by atoms with Gasteiger partial charge in [-0.25, -0.2) is 4.79 Å². The zero-order valence-corrected chi connectivity index (χ0v) is 10.6. The number of furan rings is 1. The normalized spacial score (nSPS) is 10.8. The van der Waals surface area contributed by atoms with E-state index in [4.69, 9.17) is 23.7 Å². The first kappa shape index (κ1) is 14.7. The molecule has 0 aliphatic rings. The summed E-state index contributed by atoms with van der Waals surface area (Å²) in [6.07, 6.45) is 0. The Morgan fingerprint density at radius 1 is 1.28 bits per heavy atom. The summed E-state index contributed by atoms with van der Waals surface area (Å²) >= 11 is 0. The van der Waals surface area contributed by atoms with Crippen LogP contribution in [0.4, 0.5) is 0 Å². The predicted octanol–water partition coefficient (Wildman–Crippen LogP) is 1.47. The van der Waals surface area contributed by atoms with Crippen LogP contribution in [0.1, 0.15) is 21.9 Å². The minimum Gasteiger partial charge on any atom is -0.475 e. The molecule has 1 aromatic heterocycles. The van der Waals surface area contributed by atoms with Crippen molar-refractivity contribution >= 4 is 5.97 Å². The smallest absolute Gasteiger partial charge is 0.372 e. The summed E-state index contributed by atoms with van der Waals surface area (Å²) in [5.74, 6) is -0.603. The van der Waals surface area contributed by atoms with E-state index in [0.717, 1.165) is 0 Å². The van der Waals surface area contributed by atoms with Gasteiger partial charge in [-0.1, -0.05) is 0 Å². The number of carboxylic acid groups (broad SMARTS) is 1. The third-order valence-corrected chi connectivity index (χ3v) is 2.21. The molecule has 0 saturated carbocycles. The lowest BCUT2D eigenvalue weighted by atomic mass is 10.3. The maximum atomic E-state index is 10.7. The average molecular weight is 258 g/mol. The lowest BCUT2D eigenvalue weighted by Gasteiger charge is -2.03. The molecule has 0 radical (unpaired) electrons. The van der Waals surface area contributed by atoms with Gasteiger partial charge >= 0.3 is 5.97 Å². The maximum absolute atomic E-state index is 10.7. The molecule has 6 heteroatoms. The van der Waals surface area contributed by atoms with Gasteiger partial charge in [-0.05, 0) is 13.0 Å². The molecule has 0 unspecified atom stereocenters. The highest BCUT2D eigenvalue weighted by molar-refractivity contribution is 5.86. The number of hydrogen-bond acceptors (Lipinski definition) is 5. The van der Waals surface area contributed by atoms with E-state index in [9.17, 15) is 4.79 Å². The van der Waals surface area contributed by atoms with E-state index in [-0.39, 0.29) is 12.4 Å². The van der Waals surface area contributed by atoms with Gasteiger partial charge in [0.25, 0.3) is 0 Å². The van der Waals surface area contributed by atoms with E-state index in [0.29, 0.717) is 37.8 Å². The van der Waals surface area contributed by atoms with Crippen molar-refractivity contribution in [2.45, 2.75) is 13.5 Å². The van der Waals surface area contributed by atoms with Crippen molar-refractivity contribution in [1.29, 1.82) is 0 Å². The number of aromatic carboxylic acids is 1. The highest BCUT2D eigenvalue weighted by Gasteiger charge is 2.13. The van der Waals surface area contributed by atoms with Gasteiger partial charge in [0.1, 0.15) is 12.4 Å². The molecule has 1 aromatic rings. The molecule has 18 heavy (non-hydrogen) atoms. The van der Waals surface area contributed by atoms with Gasteiger partial charge < -0.3 is 23.7 Å². The van der Waals surface area contributed by atoms with Gasteiger partial charge in [-0.2, -0.15) is 0 Å². The Bertz CT molecular complexity index is 371. The fourth-order valence-corrected chi connectivity index (χ4v) is 1.37. The lowest BCUT2D eigenvalue weighted by Crippen LogP contribution is -2.08. The number of carbonyl (C=O) groups is 1. The zero-order chi connectivity index (χ0) is 13.4. The van der Waals surface area contributed by atoms with Crippen molar-refractivity contribution in [3.05, 3.63) is 23.2 Å². The maximum Gasteiger partial charge on any atom is 0.372 e. The SMILES string of the molecule is COCCOCCOCc1cc(C)c(C(=O)O)o1. The van der Waals surface area contributed by atoms with Crippen LogP contribution in [0.3, 0.4) is 0 Å². The first-order chi connectivity index (χ1) is 8.65. The van der Waals surface area contributed by atoms with Crippen LogP contribution in [0, 0.1) is 6.92 Å². The molecule has 1 N–H and O–H groups in total. The zero-order valence-electron chi connectivity index (χ0n) is 10.6. The van der Waals surface area contributed by atoms with Gasteiger partial charge in [-0.15, -0.1) is 0 Å². The van der Waals surface area contributed by atoms with Crippen LogP contribution < -0.4 is 0 Å². The van der Waals surface area contributed by atoms with E-state index >= 15 is 0 Å². The van der Waals surface area contributed by atoms with Crippen LogP contribution >= 0.6 is 0 Å². The second-order valence-corrected chi connectivity index (χ2v) is 3.69. The summed E-state index contributed by atoms with van der Waals surface area (Å²) in [5.41, 5.74) is 0.595. The standard InChI is InChI=1S/C12H18O6/c1-9-7-10(18-11(9)12(13)14)8-17-6-5-16-4-3-15-2/h7H,3-6,8H2,1-2H3,(H,13,14). The molecule has 1 rings (SSSR count). The summed E-state index contributed by atoms with van der Waals surface area (Å²) < 4.78 is 20.5. The Balaban J connectivity index is 2.19. The fraction of sp³-hybridized carbons (Fsp3) is 0.583. The second kappa shape index (κ2) is 7.86. The quantitative estimate of drug-likeness (QED) is 0.676.